The van der Waals surface area contributed by atoms with Gasteiger partial charge in [-0.2, -0.15) is 0 Å². The van der Waals surface area contributed by atoms with Crippen molar-refractivity contribution in [3.05, 3.63) is 22.2 Å². The maximum Gasteiger partial charge on any atom is 0.238 e. The van der Waals surface area contributed by atoms with E-state index in [1.165, 1.54) is 12.1 Å². The molecule has 1 heterocycles. The monoisotopic (exact) mass is 303 g/mol. The van der Waals surface area contributed by atoms with Crippen LogP contribution in [0, 0.1) is 0 Å². The van der Waals surface area contributed by atoms with Crippen LogP contribution in [0.5, 0.6) is 0 Å². The number of likely N-dealkylation sites (tertiary alicyclic amines) is 1. The highest BCUT2D eigenvalue weighted by molar-refractivity contribution is 6.37. The molecule has 1 saturated heterocycles. The fourth-order valence-electron chi connectivity index (χ4n) is 2.06. The number of nitrogens with one attached hydrogen (secondary N) is 1. The molecule has 0 radical (unpaired) electrons. The maximum absolute atomic E-state index is 11.9. The Balaban J connectivity index is 1.99. The first-order valence-electron chi connectivity index (χ1n) is 5.90. The third kappa shape index (κ3) is 3.73. The van der Waals surface area contributed by atoms with E-state index in [4.69, 9.17) is 28.9 Å². The molecule has 1 atom stereocenters. The van der Waals surface area contributed by atoms with Crippen molar-refractivity contribution in [2.45, 2.75) is 12.5 Å². The van der Waals surface area contributed by atoms with Crippen molar-refractivity contribution in [1.29, 1.82) is 0 Å². The lowest BCUT2D eigenvalue weighted by Crippen LogP contribution is -2.32. The van der Waals surface area contributed by atoms with Crippen molar-refractivity contribution in [3.8, 4) is 0 Å². The van der Waals surface area contributed by atoms with E-state index in [1.807, 2.05) is 4.90 Å². The highest BCUT2D eigenvalue weighted by atomic mass is 35.5. The smallest absolute Gasteiger partial charge is 0.238 e. The average molecular weight is 304 g/mol. The lowest BCUT2D eigenvalue weighted by molar-refractivity contribution is -0.117. The Hall–Kier alpha value is -1.01. The van der Waals surface area contributed by atoms with Gasteiger partial charge in [0.25, 0.3) is 0 Å². The quantitative estimate of drug-likeness (QED) is 0.741. The van der Waals surface area contributed by atoms with E-state index in [1.54, 1.807) is 0 Å². The summed E-state index contributed by atoms with van der Waals surface area (Å²) in [6, 6.07) is 3.05. The molecule has 0 spiro atoms. The number of hydrogen-bond donors (Lipinski definition) is 3. The van der Waals surface area contributed by atoms with Crippen molar-refractivity contribution in [1.82, 2.24) is 4.90 Å². The van der Waals surface area contributed by atoms with Crippen LogP contribution in [-0.4, -0.2) is 41.7 Å². The van der Waals surface area contributed by atoms with Gasteiger partial charge in [0, 0.05) is 18.1 Å². The number of amides is 1. The lowest BCUT2D eigenvalue weighted by atomic mass is 10.2. The predicted molar refractivity (Wildman–Crippen MR) is 76.6 cm³/mol. The summed E-state index contributed by atoms with van der Waals surface area (Å²) in [7, 11) is 0. The molecule has 1 aliphatic heterocycles. The molecular weight excluding hydrogens is 289 g/mol. The zero-order valence-electron chi connectivity index (χ0n) is 10.2. The Morgan fingerprint density at radius 1 is 1.53 bits per heavy atom. The van der Waals surface area contributed by atoms with Crippen molar-refractivity contribution in [2.75, 3.05) is 30.7 Å². The van der Waals surface area contributed by atoms with E-state index in [0.29, 0.717) is 40.9 Å². The number of carbonyl (C=O) groups excluding carboxylic acids is 1. The SMILES string of the molecule is Nc1cc(Cl)cc(Cl)c1NC(=O)CN1CCC(O)C1. The van der Waals surface area contributed by atoms with Crippen LogP contribution in [0.3, 0.4) is 0 Å². The summed E-state index contributed by atoms with van der Waals surface area (Å²) < 4.78 is 0. The van der Waals surface area contributed by atoms with E-state index in [0.717, 1.165) is 0 Å². The molecule has 1 aromatic rings. The molecule has 1 unspecified atom stereocenters. The highest BCUT2D eigenvalue weighted by Gasteiger charge is 2.22. The van der Waals surface area contributed by atoms with Crippen LogP contribution in [0.1, 0.15) is 6.42 Å². The highest BCUT2D eigenvalue weighted by Crippen LogP contribution is 2.31. The molecular formula is C12H15Cl2N3O2. The molecule has 0 aromatic heterocycles. The minimum absolute atomic E-state index is 0.204. The van der Waals surface area contributed by atoms with Gasteiger partial charge in [-0.25, -0.2) is 0 Å². The maximum atomic E-state index is 11.9. The number of β-amino-alcohol motifs (C(OH)–C–C–N with tert-alkyl or cyclic N) is 1. The molecule has 4 N–H and O–H groups in total. The number of hydrogen-bond acceptors (Lipinski definition) is 4. The normalized spacial score (nSPS) is 19.6. The van der Waals surface area contributed by atoms with Crippen LogP contribution in [-0.2, 0) is 4.79 Å². The van der Waals surface area contributed by atoms with Crippen molar-refractivity contribution in [3.63, 3.8) is 0 Å². The average Bonchev–Trinajstić information content (AvgIpc) is 2.69. The molecule has 1 aliphatic rings. The zero-order chi connectivity index (χ0) is 14.0. The first kappa shape index (κ1) is 14.4. The largest absolute Gasteiger partial charge is 0.397 e. The number of carbonyl (C=O) groups is 1. The summed E-state index contributed by atoms with van der Waals surface area (Å²) in [5.74, 6) is -0.218. The standard InChI is InChI=1S/C12H15Cl2N3O2/c13-7-3-9(14)12(10(15)4-7)16-11(19)6-17-2-1-8(18)5-17/h3-4,8,18H,1-2,5-6,15H2,(H,16,19). The van der Waals surface area contributed by atoms with E-state index >= 15 is 0 Å². The minimum atomic E-state index is -0.350. The zero-order valence-corrected chi connectivity index (χ0v) is 11.7. The van der Waals surface area contributed by atoms with Gasteiger partial charge in [-0.3, -0.25) is 9.69 Å². The molecule has 104 valence electrons. The first-order valence-corrected chi connectivity index (χ1v) is 6.66. The number of anilines is 2. The van der Waals surface area contributed by atoms with Gasteiger partial charge < -0.3 is 16.2 Å². The second kappa shape index (κ2) is 5.96. The van der Waals surface area contributed by atoms with Crippen LogP contribution in [0.4, 0.5) is 11.4 Å². The molecule has 1 fully saturated rings. The summed E-state index contributed by atoms with van der Waals surface area (Å²) in [5.41, 5.74) is 6.46. The Morgan fingerprint density at radius 2 is 2.26 bits per heavy atom. The fourth-order valence-corrected chi connectivity index (χ4v) is 2.62. The molecule has 5 nitrogen and oxygen atoms in total. The van der Waals surface area contributed by atoms with Gasteiger partial charge in [0.05, 0.1) is 29.0 Å². The van der Waals surface area contributed by atoms with Gasteiger partial charge in [0.15, 0.2) is 0 Å². The van der Waals surface area contributed by atoms with Gasteiger partial charge in [0.1, 0.15) is 0 Å². The number of aliphatic hydroxyl groups excluding tert-OH is 1. The Labute approximate surface area is 121 Å². The van der Waals surface area contributed by atoms with Gasteiger partial charge in [-0.05, 0) is 18.6 Å². The van der Waals surface area contributed by atoms with E-state index < -0.39 is 0 Å². The first-order chi connectivity index (χ1) is 8.95. The Bertz CT molecular complexity index is 473. The van der Waals surface area contributed by atoms with Gasteiger partial charge >= 0.3 is 0 Å². The molecule has 7 heteroatoms. The van der Waals surface area contributed by atoms with E-state index in [2.05, 4.69) is 5.32 Å². The summed E-state index contributed by atoms with van der Waals surface area (Å²) >= 11 is 11.8. The van der Waals surface area contributed by atoms with Crippen LogP contribution in [0.15, 0.2) is 12.1 Å². The van der Waals surface area contributed by atoms with E-state index in [-0.39, 0.29) is 18.6 Å². The third-order valence-corrected chi connectivity index (χ3v) is 3.48. The molecule has 1 aromatic carbocycles. The molecule has 0 saturated carbocycles. The second-order valence-corrected chi connectivity index (χ2v) is 5.42. The van der Waals surface area contributed by atoms with Crippen LogP contribution in [0.25, 0.3) is 0 Å². The summed E-state index contributed by atoms with van der Waals surface area (Å²) in [6.07, 6.45) is 0.342. The summed E-state index contributed by atoms with van der Waals surface area (Å²) in [6.45, 7) is 1.42. The summed E-state index contributed by atoms with van der Waals surface area (Å²) in [5, 5.41) is 12.8. The summed E-state index contributed by atoms with van der Waals surface area (Å²) in [4.78, 5) is 13.8. The van der Waals surface area contributed by atoms with Crippen LogP contribution >= 0.6 is 23.2 Å². The number of halogens is 2. The number of rotatable bonds is 3. The van der Waals surface area contributed by atoms with Crippen molar-refractivity contribution >= 4 is 40.5 Å². The molecule has 1 amide bonds. The van der Waals surface area contributed by atoms with Crippen LogP contribution < -0.4 is 11.1 Å². The number of nitrogen functional groups attached to an aromatic ring is 1. The lowest BCUT2D eigenvalue weighted by Gasteiger charge is -2.16. The number of nitrogens with zero attached hydrogens (tertiary/aromatic N) is 1. The van der Waals surface area contributed by atoms with Crippen molar-refractivity contribution < 1.29 is 9.90 Å². The van der Waals surface area contributed by atoms with Gasteiger partial charge in [0.2, 0.25) is 5.91 Å². The Kier molecular flexibility index (Phi) is 4.52. The predicted octanol–water partition coefficient (Wildman–Crippen LogP) is 1.58. The topological polar surface area (TPSA) is 78.6 Å². The Morgan fingerprint density at radius 3 is 2.84 bits per heavy atom. The fraction of sp³-hybridized carbons (Fsp3) is 0.417. The minimum Gasteiger partial charge on any atom is -0.397 e. The van der Waals surface area contributed by atoms with Crippen LogP contribution in [0.2, 0.25) is 10.0 Å². The molecule has 19 heavy (non-hydrogen) atoms. The number of nitrogens with two attached hydrogens (primary N) is 1. The molecule has 2 rings (SSSR count). The third-order valence-electron chi connectivity index (χ3n) is 2.96. The second-order valence-electron chi connectivity index (χ2n) is 4.58. The van der Waals surface area contributed by atoms with Gasteiger partial charge in [-0.15, -0.1) is 0 Å². The number of benzene rings is 1. The van der Waals surface area contributed by atoms with E-state index in [9.17, 15) is 9.90 Å². The van der Waals surface area contributed by atoms with Gasteiger partial charge in [-0.1, -0.05) is 23.2 Å². The molecule has 0 bridgehead atoms. The van der Waals surface area contributed by atoms with Crippen molar-refractivity contribution in [2.24, 2.45) is 0 Å². The molecule has 0 aliphatic carbocycles. The number of aliphatic hydroxyl groups is 1.